The number of hydrogen-bond donors (Lipinski definition) is 1. The molecule has 0 aliphatic heterocycles. The molecule has 1 amide bonds. The van der Waals surface area contributed by atoms with Crippen LogP contribution < -0.4 is 4.72 Å². The van der Waals surface area contributed by atoms with Crippen LogP contribution in [0.3, 0.4) is 0 Å². The molecule has 0 aromatic heterocycles. The third kappa shape index (κ3) is 15.3. The first-order chi connectivity index (χ1) is 16.0. The van der Waals surface area contributed by atoms with Crippen LogP contribution in [-0.2, 0) is 57.3 Å². The maximum absolute atomic E-state index is 12.2. The van der Waals surface area contributed by atoms with Crippen molar-refractivity contribution in [2.45, 2.75) is 19.4 Å². The Bertz CT molecular complexity index is 837. The Morgan fingerprint density at radius 3 is 2.00 bits per heavy atom. The highest BCUT2D eigenvalue weighted by Gasteiger charge is 2.30. The minimum atomic E-state index is -4.71. The van der Waals surface area contributed by atoms with Crippen LogP contribution in [-0.4, -0.2) is 78.2 Å². The monoisotopic (exact) mass is 509 g/mol. The fraction of sp³-hybridized carbons (Fsp3) is 0.474. The smallest absolute Gasteiger partial charge is 0.423 e. The summed E-state index contributed by atoms with van der Waals surface area (Å²) in [6.45, 7) is 9.68. The number of carbonyl (C=O) groups is 4. The van der Waals surface area contributed by atoms with Crippen molar-refractivity contribution in [2.75, 3.05) is 39.6 Å². The summed E-state index contributed by atoms with van der Waals surface area (Å²) in [5.41, 5.74) is 0.0882. The van der Waals surface area contributed by atoms with Gasteiger partial charge in [-0.1, -0.05) is 19.7 Å². The van der Waals surface area contributed by atoms with E-state index in [1.807, 2.05) is 0 Å². The van der Waals surface area contributed by atoms with Gasteiger partial charge in [0.05, 0.1) is 18.9 Å². The molecular formula is C19H27NO13S. The Morgan fingerprint density at radius 1 is 0.882 bits per heavy atom. The lowest BCUT2D eigenvalue weighted by Crippen LogP contribution is -2.39. The van der Waals surface area contributed by atoms with Gasteiger partial charge in [-0.25, -0.2) is 18.6 Å². The highest BCUT2D eigenvalue weighted by atomic mass is 32.2. The Hall–Kier alpha value is -3.59. The molecule has 1 N–H and O–H groups in total. The second-order valence-electron chi connectivity index (χ2n) is 5.86. The quantitative estimate of drug-likeness (QED) is 0.0875. The van der Waals surface area contributed by atoms with Crippen molar-refractivity contribution in [2.24, 2.45) is 0 Å². The van der Waals surface area contributed by atoms with Crippen molar-refractivity contribution < 1.29 is 60.2 Å². The van der Waals surface area contributed by atoms with Crippen LogP contribution in [0, 0.1) is 0 Å². The van der Waals surface area contributed by atoms with Crippen LogP contribution in [0.1, 0.15) is 13.3 Å². The van der Waals surface area contributed by atoms with E-state index >= 15 is 0 Å². The standard InChI is InChI=1S/C19H27NO13S/c1-5-27-7-9-29-16(21)13-15(18(23)31-10-8-28-6-2)33-19(24)20-34(25,26)32-12-11-30-17(22)14(3)4/h5-6,15H,1-3,7-13H2,4H3,(H,20,24). The van der Waals surface area contributed by atoms with Gasteiger partial charge in [-0.2, -0.15) is 13.1 Å². The molecule has 0 aliphatic carbocycles. The van der Waals surface area contributed by atoms with Crippen LogP contribution in [0.15, 0.2) is 37.8 Å². The van der Waals surface area contributed by atoms with Gasteiger partial charge in [-0.15, -0.1) is 0 Å². The zero-order chi connectivity index (χ0) is 26.0. The molecule has 0 aliphatic rings. The van der Waals surface area contributed by atoms with E-state index in [-0.39, 0.29) is 32.0 Å². The number of nitrogens with one attached hydrogen (secondary N) is 1. The summed E-state index contributed by atoms with van der Waals surface area (Å²) >= 11 is 0. The molecule has 0 aromatic rings. The number of carbonyl (C=O) groups excluding carboxylic acids is 4. The SMILES string of the molecule is C=COCCOC(=O)CC(OC(=O)NS(=O)(=O)OCCOC(=O)C(=C)C)C(=O)OCCOC=C. The van der Waals surface area contributed by atoms with Gasteiger partial charge < -0.3 is 28.4 Å². The van der Waals surface area contributed by atoms with E-state index in [4.69, 9.17) is 18.9 Å². The van der Waals surface area contributed by atoms with E-state index in [2.05, 4.69) is 33.4 Å². The first-order valence-electron chi connectivity index (χ1n) is 9.50. The van der Waals surface area contributed by atoms with E-state index < -0.39 is 60.0 Å². The summed E-state index contributed by atoms with van der Waals surface area (Å²) in [6.07, 6.45) is -2.07. The summed E-state index contributed by atoms with van der Waals surface area (Å²) in [4.78, 5) is 47.2. The van der Waals surface area contributed by atoms with Crippen molar-refractivity contribution in [1.82, 2.24) is 4.72 Å². The zero-order valence-corrected chi connectivity index (χ0v) is 19.3. The summed E-state index contributed by atoms with van der Waals surface area (Å²) in [7, 11) is -4.71. The predicted molar refractivity (Wildman–Crippen MR) is 113 cm³/mol. The number of rotatable bonds is 18. The lowest BCUT2D eigenvalue weighted by Gasteiger charge is -2.16. The number of ether oxygens (including phenoxy) is 6. The summed E-state index contributed by atoms with van der Waals surface area (Å²) in [5, 5.41) is 0. The second kappa shape index (κ2) is 17.0. The maximum atomic E-state index is 12.2. The normalized spacial score (nSPS) is 11.2. The molecule has 0 radical (unpaired) electrons. The maximum Gasteiger partial charge on any atom is 0.423 e. The lowest BCUT2D eigenvalue weighted by atomic mass is 10.2. The van der Waals surface area contributed by atoms with Crippen LogP contribution >= 0.6 is 0 Å². The predicted octanol–water partition coefficient (Wildman–Crippen LogP) is 0.259. The van der Waals surface area contributed by atoms with E-state index in [1.54, 1.807) is 0 Å². The molecule has 0 spiro atoms. The van der Waals surface area contributed by atoms with E-state index in [0.29, 0.717) is 0 Å². The van der Waals surface area contributed by atoms with Crippen molar-refractivity contribution in [1.29, 1.82) is 0 Å². The summed E-state index contributed by atoms with van der Waals surface area (Å²) in [6, 6.07) is 0. The van der Waals surface area contributed by atoms with Crippen molar-refractivity contribution >= 4 is 34.3 Å². The zero-order valence-electron chi connectivity index (χ0n) is 18.5. The van der Waals surface area contributed by atoms with E-state index in [1.165, 1.54) is 11.6 Å². The summed E-state index contributed by atoms with van der Waals surface area (Å²) in [5.74, 6) is -2.91. The van der Waals surface area contributed by atoms with Gasteiger partial charge in [0.1, 0.15) is 39.6 Å². The Balaban J connectivity index is 4.86. The molecule has 1 atom stereocenters. The Labute approximate surface area is 196 Å². The van der Waals surface area contributed by atoms with Crippen molar-refractivity contribution in [3.8, 4) is 0 Å². The van der Waals surface area contributed by atoms with E-state index in [0.717, 1.165) is 12.5 Å². The molecule has 0 rings (SSSR count). The Morgan fingerprint density at radius 2 is 1.44 bits per heavy atom. The van der Waals surface area contributed by atoms with Gasteiger partial charge in [0, 0.05) is 5.57 Å². The fourth-order valence-corrected chi connectivity index (χ4v) is 2.32. The van der Waals surface area contributed by atoms with Gasteiger partial charge >= 0.3 is 34.3 Å². The van der Waals surface area contributed by atoms with Gasteiger partial charge in [0.15, 0.2) is 0 Å². The van der Waals surface area contributed by atoms with Crippen LogP contribution in [0.5, 0.6) is 0 Å². The Kier molecular flexibility index (Phi) is 15.2. The molecule has 0 saturated heterocycles. The minimum Gasteiger partial charge on any atom is -0.498 e. The average Bonchev–Trinajstić information content (AvgIpc) is 2.76. The molecule has 0 bridgehead atoms. The summed E-state index contributed by atoms with van der Waals surface area (Å²) < 4.78 is 57.8. The highest BCUT2D eigenvalue weighted by molar-refractivity contribution is 7.85. The molecule has 0 heterocycles. The fourth-order valence-electron chi connectivity index (χ4n) is 1.72. The third-order valence-electron chi connectivity index (χ3n) is 3.12. The third-order valence-corrected chi connectivity index (χ3v) is 4.02. The molecule has 0 fully saturated rings. The molecule has 14 nitrogen and oxygen atoms in total. The minimum absolute atomic E-state index is 0.0121. The van der Waals surface area contributed by atoms with Crippen molar-refractivity contribution in [3.05, 3.63) is 37.8 Å². The second-order valence-corrected chi connectivity index (χ2v) is 7.20. The first-order valence-corrected chi connectivity index (χ1v) is 10.9. The van der Waals surface area contributed by atoms with Crippen LogP contribution in [0.4, 0.5) is 4.79 Å². The van der Waals surface area contributed by atoms with Gasteiger partial charge in [0.25, 0.3) is 0 Å². The van der Waals surface area contributed by atoms with Gasteiger partial charge in [0.2, 0.25) is 6.10 Å². The van der Waals surface area contributed by atoms with E-state index in [9.17, 15) is 27.6 Å². The molecule has 1 unspecified atom stereocenters. The number of amides is 1. The lowest BCUT2D eigenvalue weighted by molar-refractivity contribution is -0.161. The molecular weight excluding hydrogens is 482 g/mol. The van der Waals surface area contributed by atoms with Gasteiger partial charge in [-0.05, 0) is 6.92 Å². The van der Waals surface area contributed by atoms with Crippen LogP contribution in [0.2, 0.25) is 0 Å². The van der Waals surface area contributed by atoms with Crippen molar-refractivity contribution in [3.63, 3.8) is 0 Å². The largest absolute Gasteiger partial charge is 0.498 e. The molecule has 0 saturated carbocycles. The number of hydrogen-bond acceptors (Lipinski definition) is 13. The molecule has 192 valence electrons. The highest BCUT2D eigenvalue weighted by Crippen LogP contribution is 2.06. The molecule has 0 aromatic carbocycles. The topological polar surface area (TPSA) is 179 Å². The van der Waals surface area contributed by atoms with Gasteiger partial charge in [-0.3, -0.25) is 4.79 Å². The van der Waals surface area contributed by atoms with Crippen LogP contribution in [0.25, 0.3) is 0 Å². The molecule has 15 heteroatoms. The number of esters is 3. The molecule has 34 heavy (non-hydrogen) atoms. The average molecular weight is 509 g/mol. The first kappa shape index (κ1) is 30.4.